The van der Waals surface area contributed by atoms with Crippen LogP contribution >= 0.6 is 0 Å². The van der Waals surface area contributed by atoms with Gasteiger partial charge in [-0.25, -0.2) is 0 Å². The molecule has 0 aromatic carbocycles. The van der Waals surface area contributed by atoms with E-state index in [1.165, 1.54) is 0 Å². The van der Waals surface area contributed by atoms with Crippen LogP contribution in [-0.4, -0.2) is 0 Å². The van der Waals surface area contributed by atoms with E-state index in [1.54, 1.807) is 0 Å². The van der Waals surface area contributed by atoms with E-state index in [1.807, 2.05) is 0 Å². The van der Waals surface area contributed by atoms with Gasteiger partial charge in [-0.2, -0.15) is 0 Å². The van der Waals surface area contributed by atoms with Gasteiger partial charge in [0.2, 0.25) is 0 Å². The molecular formula is H8N4Pd-2. The van der Waals surface area contributed by atoms with E-state index in [0.717, 1.165) is 0 Å². The molecule has 0 amide bonds. The van der Waals surface area contributed by atoms with Crippen molar-refractivity contribution in [2.75, 3.05) is 0 Å². The Morgan fingerprint density at radius 1 is 0.400 bits per heavy atom. The Morgan fingerprint density at radius 3 is 0.400 bits per heavy atom. The number of hydrogen-bond donors (Lipinski definition) is 0. The molecule has 0 aromatic heterocycles. The molecule has 0 spiro atoms. The monoisotopic (exact) mass is 170 g/mol. The van der Waals surface area contributed by atoms with Gasteiger partial charge in [0.05, 0.1) is 0 Å². The summed E-state index contributed by atoms with van der Waals surface area (Å²) in [5.41, 5.74) is 0. The second-order valence-corrected chi connectivity index (χ2v) is 0. The van der Waals surface area contributed by atoms with Crippen LogP contribution in [0.1, 0.15) is 0 Å². The van der Waals surface area contributed by atoms with Gasteiger partial charge in [-0.15, -0.1) is 0 Å². The summed E-state index contributed by atoms with van der Waals surface area (Å²) in [6.07, 6.45) is 0. The van der Waals surface area contributed by atoms with Crippen LogP contribution in [-0.2, 0) is 20.4 Å². The average molecular weight is 171 g/mol. The van der Waals surface area contributed by atoms with Crippen molar-refractivity contribution in [2.45, 2.75) is 0 Å². The predicted octanol–water partition coefficient (Wildman–Crippen LogP) is 2.87. The molecule has 0 aliphatic heterocycles. The average Bonchev–Trinajstić information content (AvgIpc) is 0. The van der Waals surface area contributed by atoms with Crippen LogP contribution in [0.5, 0.6) is 0 Å². The maximum absolute atomic E-state index is 0. The SMILES string of the molecule is [NH2-].[NH2-].[NH2-].[NH2-].[Pd+2]. The van der Waals surface area contributed by atoms with Gasteiger partial charge in [-0.3, -0.25) is 0 Å². The van der Waals surface area contributed by atoms with E-state index in [4.69, 9.17) is 0 Å². The maximum Gasteiger partial charge on any atom is 2.00 e. The summed E-state index contributed by atoms with van der Waals surface area (Å²) in [4.78, 5) is 0. The van der Waals surface area contributed by atoms with Gasteiger partial charge in [0.25, 0.3) is 0 Å². The number of nitrogens with two attached hydrogens (primary N) is 4. The molecule has 4 nitrogen and oxygen atoms in total. The van der Waals surface area contributed by atoms with Crippen LogP contribution < -0.4 is 0 Å². The molecule has 5 heteroatoms. The van der Waals surface area contributed by atoms with E-state index in [9.17, 15) is 0 Å². The molecule has 40 valence electrons. The standard InChI is InChI=1S/4H2N.Pd/h4*1H2;/q4*-1;+2. The van der Waals surface area contributed by atoms with Crippen LogP contribution in [0, 0.1) is 0 Å². The van der Waals surface area contributed by atoms with Gasteiger partial charge in [-0.1, -0.05) is 0 Å². The molecule has 0 atom stereocenters. The second-order valence-electron chi connectivity index (χ2n) is 0. The Balaban J connectivity index is 0. The van der Waals surface area contributed by atoms with Gasteiger partial charge >= 0.3 is 20.4 Å². The van der Waals surface area contributed by atoms with Crippen molar-refractivity contribution in [1.29, 1.82) is 0 Å². The molecule has 0 rings (SSSR count). The third-order valence-corrected chi connectivity index (χ3v) is 0. The van der Waals surface area contributed by atoms with E-state index < -0.39 is 0 Å². The van der Waals surface area contributed by atoms with Crippen molar-refractivity contribution in [2.24, 2.45) is 0 Å². The van der Waals surface area contributed by atoms with Crippen molar-refractivity contribution < 1.29 is 20.4 Å². The first-order valence-electron chi connectivity index (χ1n) is 0. The molecule has 0 aromatic rings. The minimum absolute atomic E-state index is 0. The van der Waals surface area contributed by atoms with Crippen LogP contribution in [0.25, 0.3) is 24.6 Å². The zero-order valence-electron chi connectivity index (χ0n) is 2.63. The van der Waals surface area contributed by atoms with E-state index >= 15 is 0 Å². The van der Waals surface area contributed by atoms with Crippen molar-refractivity contribution in [3.05, 3.63) is 24.6 Å². The zero-order chi connectivity index (χ0) is 0. The fourth-order valence-corrected chi connectivity index (χ4v) is 0. The molecule has 0 saturated carbocycles. The number of rotatable bonds is 0. The molecule has 0 radical (unpaired) electrons. The Kier molecular flexibility index (Phi) is 19300. The first-order chi connectivity index (χ1) is 0. The Morgan fingerprint density at radius 2 is 0.400 bits per heavy atom. The smallest absolute Gasteiger partial charge is 0.693 e. The van der Waals surface area contributed by atoms with Gasteiger partial charge in [0, 0.05) is 0 Å². The molecule has 0 unspecified atom stereocenters. The van der Waals surface area contributed by atoms with Crippen LogP contribution in [0.4, 0.5) is 0 Å². The van der Waals surface area contributed by atoms with E-state index in [-0.39, 0.29) is 45.0 Å². The molecule has 0 bridgehead atoms. The predicted molar refractivity (Wildman–Crippen MR) is 21.1 cm³/mol. The summed E-state index contributed by atoms with van der Waals surface area (Å²) in [7, 11) is 0. The summed E-state index contributed by atoms with van der Waals surface area (Å²) >= 11 is 0. The van der Waals surface area contributed by atoms with Crippen molar-refractivity contribution in [3.8, 4) is 0 Å². The Bertz CT molecular complexity index is 3.61. The van der Waals surface area contributed by atoms with Crippen molar-refractivity contribution >= 4 is 0 Å². The normalized spacial score (nSPS) is 0. The third kappa shape index (κ3) is 112. The van der Waals surface area contributed by atoms with Crippen LogP contribution in [0.3, 0.4) is 0 Å². The molecular weight excluding hydrogens is 162 g/mol. The third-order valence-electron chi connectivity index (χ3n) is 0. The largest absolute Gasteiger partial charge is 2.00 e. The number of hydrogen-bond acceptors (Lipinski definition) is 0. The maximum atomic E-state index is 0. The molecule has 0 aliphatic rings. The van der Waals surface area contributed by atoms with Gasteiger partial charge in [-0.05, 0) is 0 Å². The molecule has 0 fully saturated rings. The fourth-order valence-electron chi connectivity index (χ4n) is 0. The summed E-state index contributed by atoms with van der Waals surface area (Å²) < 4.78 is 0. The summed E-state index contributed by atoms with van der Waals surface area (Å²) in [5, 5.41) is 0. The molecule has 5 heavy (non-hydrogen) atoms. The first-order valence-corrected chi connectivity index (χ1v) is 0. The van der Waals surface area contributed by atoms with Gasteiger partial charge in [0.15, 0.2) is 0 Å². The van der Waals surface area contributed by atoms with Crippen molar-refractivity contribution in [1.82, 2.24) is 0 Å². The zero-order valence-corrected chi connectivity index (χ0v) is 4.18. The summed E-state index contributed by atoms with van der Waals surface area (Å²) in [6, 6.07) is 0. The van der Waals surface area contributed by atoms with Gasteiger partial charge in [0.1, 0.15) is 0 Å². The molecule has 0 saturated heterocycles. The van der Waals surface area contributed by atoms with Crippen molar-refractivity contribution in [3.63, 3.8) is 0 Å². The fraction of sp³-hybridized carbons (Fsp3) is 0. The topological polar surface area (TPSA) is 134 Å². The second kappa shape index (κ2) is 219. The van der Waals surface area contributed by atoms with Crippen LogP contribution in [0.2, 0.25) is 0 Å². The summed E-state index contributed by atoms with van der Waals surface area (Å²) in [6.45, 7) is 0. The first kappa shape index (κ1) is 442. The van der Waals surface area contributed by atoms with Crippen LogP contribution in [0.15, 0.2) is 0 Å². The minimum Gasteiger partial charge on any atom is -0.693 e. The van der Waals surface area contributed by atoms with E-state index in [2.05, 4.69) is 0 Å². The Labute approximate surface area is 45.7 Å². The molecule has 8 N–H and O–H groups in total. The quantitative estimate of drug-likeness (QED) is 0.494. The molecule has 0 aliphatic carbocycles. The molecule has 0 heterocycles. The minimum atomic E-state index is 0. The van der Waals surface area contributed by atoms with E-state index in [0.29, 0.717) is 0 Å². The summed E-state index contributed by atoms with van der Waals surface area (Å²) in [5.74, 6) is 0. The van der Waals surface area contributed by atoms with Gasteiger partial charge < -0.3 is 24.6 Å². The Hall–Kier alpha value is 0.502.